The van der Waals surface area contributed by atoms with Crippen LogP contribution in [0.4, 0.5) is 11.4 Å². The maximum Gasteiger partial charge on any atom is 0.339 e. The molecule has 0 aliphatic rings. The van der Waals surface area contributed by atoms with E-state index in [2.05, 4.69) is 14.8 Å². The maximum absolute atomic E-state index is 11.3. The van der Waals surface area contributed by atoms with Crippen molar-refractivity contribution in [3.63, 3.8) is 0 Å². The van der Waals surface area contributed by atoms with E-state index < -0.39 is 11.9 Å². The quantitative estimate of drug-likeness (QED) is 0.272. The summed E-state index contributed by atoms with van der Waals surface area (Å²) in [6.45, 7) is 1.40. The summed E-state index contributed by atoms with van der Waals surface area (Å²) in [5.41, 5.74) is 7.33. The van der Waals surface area contributed by atoms with Gasteiger partial charge in [0.05, 0.1) is 41.1 Å². The number of benzene rings is 2. The Balaban J connectivity index is 0.000000296. The zero-order chi connectivity index (χ0) is 22.3. The Hall–Kier alpha value is -1.31. The smallest absolute Gasteiger partial charge is 0.339 e. The highest BCUT2D eigenvalue weighted by atomic mass is 127. The summed E-state index contributed by atoms with van der Waals surface area (Å²) >= 11 is 15.7. The number of hydrogen-bond donors (Lipinski definition) is 2. The molecule has 0 unspecified atom stereocenters. The minimum absolute atomic E-state index is 0.195. The van der Waals surface area contributed by atoms with Gasteiger partial charge in [0, 0.05) is 19.8 Å². The molecule has 7 nitrogen and oxygen atoms in total. The van der Waals surface area contributed by atoms with Gasteiger partial charge in [-0.05, 0) is 69.4 Å². The molecule has 0 radical (unpaired) electrons. The molecule has 2 rings (SSSR count). The Morgan fingerprint density at radius 1 is 0.897 bits per heavy atom. The fourth-order valence-electron chi connectivity index (χ4n) is 1.93. The van der Waals surface area contributed by atoms with Crippen molar-refractivity contribution in [2.45, 2.75) is 6.92 Å². The second-order valence-corrected chi connectivity index (χ2v) is 8.47. The van der Waals surface area contributed by atoms with Crippen LogP contribution < -0.4 is 11.1 Å². The number of ether oxygens (including phenoxy) is 2. The fraction of sp³-hybridized carbons (Fsp3) is 0.167. The first-order valence-corrected chi connectivity index (χ1v) is 10.6. The van der Waals surface area contributed by atoms with E-state index in [1.165, 1.54) is 33.3 Å². The van der Waals surface area contributed by atoms with Crippen molar-refractivity contribution in [2.24, 2.45) is 0 Å². The number of anilines is 2. The van der Waals surface area contributed by atoms with Gasteiger partial charge >= 0.3 is 11.9 Å². The molecule has 0 aliphatic heterocycles. The van der Waals surface area contributed by atoms with Gasteiger partial charge in [0.2, 0.25) is 5.91 Å². The van der Waals surface area contributed by atoms with E-state index in [-0.39, 0.29) is 16.5 Å². The summed E-state index contributed by atoms with van der Waals surface area (Å²) < 4.78 is 10.6. The van der Waals surface area contributed by atoms with E-state index >= 15 is 0 Å². The lowest BCUT2D eigenvalue weighted by Gasteiger charge is -2.08. The average Bonchev–Trinajstić information content (AvgIpc) is 2.66. The van der Waals surface area contributed by atoms with Crippen molar-refractivity contribution in [1.82, 2.24) is 0 Å². The molecular weight excluding hydrogens is 649 g/mol. The van der Waals surface area contributed by atoms with Gasteiger partial charge in [-0.15, -0.1) is 0 Å². The van der Waals surface area contributed by atoms with Crippen LogP contribution in [0.25, 0.3) is 0 Å². The van der Waals surface area contributed by atoms with E-state index in [0.717, 1.165) is 7.14 Å². The zero-order valence-electron chi connectivity index (χ0n) is 15.4. The molecule has 3 N–H and O–H groups in total. The summed E-state index contributed by atoms with van der Waals surface area (Å²) in [5, 5.41) is 3.17. The molecule has 1 amide bonds. The van der Waals surface area contributed by atoms with Crippen LogP contribution in [-0.4, -0.2) is 32.1 Å². The van der Waals surface area contributed by atoms with Gasteiger partial charge in [0.25, 0.3) is 0 Å². The third-order valence-electron chi connectivity index (χ3n) is 3.26. The van der Waals surface area contributed by atoms with E-state index in [9.17, 15) is 14.4 Å². The number of nitrogens with one attached hydrogen (secondary N) is 1. The Kier molecular flexibility index (Phi) is 10.4. The third-order valence-corrected chi connectivity index (χ3v) is 5.72. The minimum atomic E-state index is -0.503. The van der Waals surface area contributed by atoms with E-state index in [1.807, 2.05) is 45.2 Å². The van der Waals surface area contributed by atoms with Crippen LogP contribution in [0.5, 0.6) is 0 Å². The van der Waals surface area contributed by atoms with Crippen LogP contribution in [-0.2, 0) is 14.3 Å². The highest BCUT2D eigenvalue weighted by Gasteiger charge is 2.14. The highest BCUT2D eigenvalue weighted by Crippen LogP contribution is 2.27. The number of amides is 1. The Bertz CT molecular complexity index is 954. The molecule has 0 fully saturated rings. The number of nitrogens with two attached hydrogens (primary N) is 1. The molecule has 0 aliphatic carbocycles. The number of carbonyl (C=O) groups excluding carboxylic acids is 3. The van der Waals surface area contributed by atoms with Gasteiger partial charge in [0.15, 0.2) is 0 Å². The van der Waals surface area contributed by atoms with Crippen LogP contribution in [0.1, 0.15) is 27.6 Å². The third kappa shape index (κ3) is 7.46. The molecule has 11 heteroatoms. The topological polar surface area (TPSA) is 108 Å². The first kappa shape index (κ1) is 25.7. The first-order valence-electron chi connectivity index (χ1n) is 7.69. The largest absolute Gasteiger partial charge is 0.465 e. The molecule has 156 valence electrons. The summed E-state index contributed by atoms with van der Waals surface area (Å²) in [4.78, 5) is 33.4. The zero-order valence-corrected chi connectivity index (χ0v) is 21.3. The van der Waals surface area contributed by atoms with Crippen LogP contribution in [0.2, 0.25) is 10.0 Å². The number of halogens is 4. The molecule has 2 aromatic rings. The molecule has 0 atom stereocenters. The second kappa shape index (κ2) is 11.8. The lowest BCUT2D eigenvalue weighted by atomic mass is 10.2. The summed E-state index contributed by atoms with van der Waals surface area (Å²) in [5.74, 6) is -1.15. The van der Waals surface area contributed by atoms with E-state index in [0.29, 0.717) is 22.0 Å². The van der Waals surface area contributed by atoms with E-state index in [4.69, 9.17) is 28.9 Å². The highest BCUT2D eigenvalue weighted by molar-refractivity contribution is 14.1. The van der Waals surface area contributed by atoms with Crippen molar-refractivity contribution in [2.75, 3.05) is 25.3 Å². The molecule has 0 saturated carbocycles. The first-order chi connectivity index (χ1) is 13.5. The SMILES string of the molecule is COC(=O)c1cc(I)c(N)cc1Cl.COC(=O)c1cc(I)c(NC(C)=O)cc1Cl. The molecule has 0 bridgehead atoms. The predicted octanol–water partition coefficient (Wildman–Crippen LogP) is 5.00. The van der Waals surface area contributed by atoms with Crippen molar-refractivity contribution in [1.29, 1.82) is 0 Å². The molecule has 0 aromatic heterocycles. The standard InChI is InChI=1S/C10H9ClINO3.C8H7ClINO2/c1-5(14)13-9-4-7(11)6(3-8(9)12)10(15)16-2;1-13-8(12)4-2-6(10)7(11)3-5(4)9/h3-4H,1-2H3,(H,13,14);2-3H,11H2,1H3. The molecule has 0 heterocycles. The van der Waals surface area contributed by atoms with Crippen LogP contribution in [0.15, 0.2) is 24.3 Å². The lowest BCUT2D eigenvalue weighted by Crippen LogP contribution is -2.09. The molecular formula is C18H16Cl2I2N2O5. The molecule has 0 spiro atoms. The van der Waals surface area contributed by atoms with Crippen molar-refractivity contribution < 1.29 is 23.9 Å². The van der Waals surface area contributed by atoms with E-state index in [1.54, 1.807) is 12.1 Å². The second-order valence-electron chi connectivity index (χ2n) is 5.33. The lowest BCUT2D eigenvalue weighted by molar-refractivity contribution is -0.114. The van der Waals surface area contributed by atoms with Crippen LogP contribution in [0, 0.1) is 7.14 Å². The normalized spacial score (nSPS) is 9.76. The molecule has 0 saturated heterocycles. The van der Waals surface area contributed by atoms with Crippen molar-refractivity contribution in [3.05, 3.63) is 52.6 Å². The Morgan fingerprint density at radius 2 is 1.34 bits per heavy atom. The summed E-state index contributed by atoms with van der Waals surface area (Å²) in [7, 11) is 2.59. The maximum atomic E-state index is 11.3. The molecule has 2 aromatic carbocycles. The number of carbonyl (C=O) groups is 3. The van der Waals surface area contributed by atoms with Gasteiger partial charge in [-0.25, -0.2) is 9.59 Å². The number of esters is 2. The summed E-state index contributed by atoms with van der Waals surface area (Å²) in [6.07, 6.45) is 0. The number of methoxy groups -OCH3 is 2. The number of hydrogen-bond acceptors (Lipinski definition) is 6. The van der Waals surface area contributed by atoms with Gasteiger partial charge in [0.1, 0.15) is 0 Å². The van der Waals surface area contributed by atoms with Crippen molar-refractivity contribution in [3.8, 4) is 0 Å². The fourth-order valence-corrected chi connectivity index (χ4v) is 3.49. The monoisotopic (exact) mass is 664 g/mol. The van der Waals surface area contributed by atoms with Crippen LogP contribution >= 0.6 is 68.4 Å². The number of nitrogen functional groups attached to an aromatic ring is 1. The minimum Gasteiger partial charge on any atom is -0.465 e. The van der Waals surface area contributed by atoms with Gasteiger partial charge < -0.3 is 20.5 Å². The number of rotatable bonds is 3. The van der Waals surface area contributed by atoms with Gasteiger partial charge in [-0.1, -0.05) is 23.2 Å². The van der Waals surface area contributed by atoms with Crippen LogP contribution in [0.3, 0.4) is 0 Å². The molecule has 29 heavy (non-hydrogen) atoms. The van der Waals surface area contributed by atoms with Gasteiger partial charge in [-0.3, -0.25) is 4.79 Å². The summed E-state index contributed by atoms with van der Waals surface area (Å²) in [6, 6.07) is 6.23. The Labute approximate surface area is 204 Å². The Morgan fingerprint density at radius 3 is 1.79 bits per heavy atom. The van der Waals surface area contributed by atoms with Crippen molar-refractivity contribution >= 4 is 97.6 Å². The predicted molar refractivity (Wildman–Crippen MR) is 130 cm³/mol. The van der Waals surface area contributed by atoms with Gasteiger partial charge in [-0.2, -0.15) is 0 Å². The average molecular weight is 665 g/mol.